The van der Waals surface area contributed by atoms with Crippen molar-refractivity contribution in [1.82, 2.24) is 0 Å². The van der Waals surface area contributed by atoms with E-state index in [1.807, 2.05) is 26.8 Å². The maximum absolute atomic E-state index is 9.32. The van der Waals surface area contributed by atoms with Crippen LogP contribution in [0.15, 0.2) is 6.07 Å². The summed E-state index contributed by atoms with van der Waals surface area (Å²) < 4.78 is 0. The zero-order valence-corrected chi connectivity index (χ0v) is 12.1. The van der Waals surface area contributed by atoms with Crippen molar-refractivity contribution in [3.8, 4) is 0 Å². The first-order valence-corrected chi connectivity index (χ1v) is 6.00. The molecule has 0 aliphatic rings. The van der Waals surface area contributed by atoms with Gasteiger partial charge in [-0.25, -0.2) is 0 Å². The monoisotopic (exact) mass is 297 g/mol. The van der Waals surface area contributed by atoms with E-state index in [-0.39, 0.29) is 0 Å². The highest BCUT2D eigenvalue weighted by Gasteiger charge is 2.07. The van der Waals surface area contributed by atoms with E-state index in [4.69, 9.17) is 34.8 Å². The second kappa shape index (κ2) is 7.07. The smallest absolute Gasteiger partial charge is 0.146 e. The highest BCUT2D eigenvalue weighted by atomic mass is 35.5. The first-order valence-electron chi connectivity index (χ1n) is 4.75. The van der Waals surface area contributed by atoms with Gasteiger partial charge in [0.2, 0.25) is 0 Å². The van der Waals surface area contributed by atoms with Crippen LogP contribution in [0.2, 0.25) is 5.02 Å². The standard InChI is InChI=1S/C9H12ClN.C2H2Cl2O2/c1-5-4-8(11)6(2)7(3)9(5)10;3-1(4)2(5)6/h4H,11H2,1-3H3;1H,(H,5,6). The quantitative estimate of drug-likeness (QED) is 0.802. The second-order valence-electron chi connectivity index (χ2n) is 3.54. The Labute approximate surface area is 115 Å². The maximum Gasteiger partial charge on any atom is 0.146 e. The number of hydrogen-bond donors (Lipinski definition) is 1. The molecule has 0 aromatic heterocycles. The fourth-order valence-corrected chi connectivity index (χ4v) is 1.33. The summed E-state index contributed by atoms with van der Waals surface area (Å²) in [6.45, 7) is 6.08. The van der Waals surface area contributed by atoms with Crippen LogP contribution in [0.1, 0.15) is 16.7 Å². The number of halogens is 3. The van der Waals surface area contributed by atoms with E-state index in [1.54, 1.807) is 0 Å². The van der Waals surface area contributed by atoms with E-state index in [1.165, 1.54) is 5.56 Å². The van der Waals surface area contributed by atoms with Gasteiger partial charge < -0.3 is 15.6 Å². The topological polar surface area (TPSA) is 67.8 Å². The van der Waals surface area contributed by atoms with Crippen LogP contribution >= 0.6 is 34.8 Å². The van der Waals surface area contributed by atoms with Crippen molar-refractivity contribution < 1.29 is 15.6 Å². The molecule has 0 unspecified atom stereocenters. The molecule has 3 N–H and O–H groups in total. The number of carbonyl (C=O) groups excluding carboxylic acids is 1. The highest BCUT2D eigenvalue weighted by molar-refractivity contribution is 6.52. The molecule has 0 fully saturated rings. The minimum absolute atomic E-state index is 0.870. The van der Waals surface area contributed by atoms with Gasteiger partial charge in [-0.3, -0.25) is 0 Å². The van der Waals surface area contributed by atoms with Gasteiger partial charge in [0.15, 0.2) is 0 Å². The number of benzene rings is 1. The molecule has 0 heterocycles. The summed E-state index contributed by atoms with van der Waals surface area (Å²) in [5.74, 6) is -1.46. The Morgan fingerprint density at radius 1 is 1.29 bits per heavy atom. The molecule has 1 aromatic carbocycles. The summed E-state index contributed by atoms with van der Waals surface area (Å²) in [6, 6.07) is 2.02. The molecule has 0 aliphatic heterocycles. The lowest BCUT2D eigenvalue weighted by Gasteiger charge is -2.06. The second-order valence-corrected chi connectivity index (χ2v) is 5.01. The number of hydrogen-bond acceptors (Lipinski definition) is 2. The zero-order chi connectivity index (χ0) is 13.7. The first-order chi connectivity index (χ1) is 7.68. The zero-order valence-electron chi connectivity index (χ0n) is 9.81. The molecule has 1 aromatic rings. The Bertz CT molecular complexity index is 393. The SMILES string of the molecule is Cc1cc([NH3+])c(C)c(C)c1Cl.O=C([O-])C(Cl)Cl. The molecule has 0 saturated heterocycles. The molecule has 0 aliphatic carbocycles. The van der Waals surface area contributed by atoms with Crippen LogP contribution in [0, 0.1) is 20.8 Å². The number of alkyl halides is 2. The summed E-state index contributed by atoms with van der Waals surface area (Å²) in [7, 11) is 0. The van der Waals surface area contributed by atoms with Crippen molar-refractivity contribution in [3.05, 3.63) is 27.8 Å². The Balaban J connectivity index is 0.000000366. The average molecular weight is 299 g/mol. The summed E-state index contributed by atoms with van der Waals surface area (Å²) in [6.07, 6.45) is 0. The van der Waals surface area contributed by atoms with Crippen LogP contribution < -0.4 is 10.8 Å². The third kappa shape index (κ3) is 5.13. The third-order valence-electron chi connectivity index (χ3n) is 2.29. The van der Waals surface area contributed by atoms with E-state index in [9.17, 15) is 9.90 Å². The molecule has 17 heavy (non-hydrogen) atoms. The maximum atomic E-state index is 9.32. The largest absolute Gasteiger partial charge is 0.547 e. The molecule has 96 valence electrons. The van der Waals surface area contributed by atoms with E-state index >= 15 is 0 Å². The van der Waals surface area contributed by atoms with Crippen molar-refractivity contribution >= 4 is 46.5 Å². The fourth-order valence-electron chi connectivity index (χ4n) is 1.13. The van der Waals surface area contributed by atoms with Crippen molar-refractivity contribution in [2.75, 3.05) is 0 Å². The Kier molecular flexibility index (Phi) is 6.87. The van der Waals surface area contributed by atoms with E-state index in [0.717, 1.165) is 21.8 Å². The fraction of sp³-hybridized carbons (Fsp3) is 0.364. The summed E-state index contributed by atoms with van der Waals surface area (Å²) >= 11 is 15.5. The third-order valence-corrected chi connectivity index (χ3v) is 3.23. The van der Waals surface area contributed by atoms with Gasteiger partial charge in [-0.05, 0) is 31.9 Å². The van der Waals surface area contributed by atoms with Gasteiger partial charge >= 0.3 is 0 Å². The number of carboxylic acids is 1. The van der Waals surface area contributed by atoms with Gasteiger partial charge in [-0.2, -0.15) is 0 Å². The highest BCUT2D eigenvalue weighted by Crippen LogP contribution is 2.26. The van der Waals surface area contributed by atoms with Gasteiger partial charge in [0, 0.05) is 16.7 Å². The Morgan fingerprint density at radius 2 is 1.71 bits per heavy atom. The molecule has 0 radical (unpaired) electrons. The van der Waals surface area contributed by atoms with Crippen molar-refractivity contribution in [3.63, 3.8) is 0 Å². The lowest BCUT2D eigenvalue weighted by molar-refractivity contribution is -0.303. The molecule has 0 bridgehead atoms. The lowest BCUT2D eigenvalue weighted by Crippen LogP contribution is -2.41. The molecule has 6 heteroatoms. The molecule has 0 spiro atoms. The van der Waals surface area contributed by atoms with Crippen molar-refractivity contribution in [2.24, 2.45) is 0 Å². The summed E-state index contributed by atoms with van der Waals surface area (Å²) in [4.78, 5) is 7.93. The van der Waals surface area contributed by atoms with Crippen molar-refractivity contribution in [2.45, 2.75) is 25.6 Å². The molecule has 1 rings (SSSR count). The van der Waals surface area contributed by atoms with Crippen molar-refractivity contribution in [1.29, 1.82) is 0 Å². The van der Waals surface area contributed by atoms with Crippen LogP contribution in [-0.2, 0) is 4.79 Å². The van der Waals surface area contributed by atoms with E-state index in [0.29, 0.717) is 0 Å². The van der Waals surface area contributed by atoms with E-state index in [2.05, 4.69) is 5.73 Å². The molecule has 0 amide bonds. The van der Waals surface area contributed by atoms with Gasteiger partial charge in [-0.15, -0.1) is 0 Å². The van der Waals surface area contributed by atoms with Gasteiger partial charge in [-0.1, -0.05) is 34.8 Å². The average Bonchev–Trinajstić information content (AvgIpc) is 2.24. The summed E-state index contributed by atoms with van der Waals surface area (Å²) in [5.41, 5.74) is 8.45. The van der Waals surface area contributed by atoms with Gasteiger partial charge in [0.05, 0.1) is 5.97 Å². The van der Waals surface area contributed by atoms with Crippen LogP contribution in [0.5, 0.6) is 0 Å². The molecule has 0 atom stereocenters. The van der Waals surface area contributed by atoms with Crippen LogP contribution in [-0.4, -0.2) is 10.8 Å². The minimum Gasteiger partial charge on any atom is -0.547 e. The van der Waals surface area contributed by atoms with E-state index < -0.39 is 10.8 Å². The predicted molar refractivity (Wildman–Crippen MR) is 68.7 cm³/mol. The van der Waals surface area contributed by atoms with Crippen LogP contribution in [0.4, 0.5) is 5.69 Å². The molecule has 0 saturated carbocycles. The molecular weight excluding hydrogens is 284 g/mol. The number of carboxylic acid groups (broad SMARTS) is 1. The summed E-state index contributed by atoms with van der Waals surface area (Å²) in [5, 5.41) is 10.2. The Hall–Kier alpha value is -0.480. The van der Waals surface area contributed by atoms with Crippen LogP contribution in [0.3, 0.4) is 0 Å². The Morgan fingerprint density at radius 3 is 2.06 bits per heavy atom. The number of quaternary nitrogens is 1. The number of carbonyl (C=O) groups is 1. The number of aryl methyl sites for hydroxylation is 1. The van der Waals surface area contributed by atoms with Gasteiger partial charge in [0.25, 0.3) is 0 Å². The van der Waals surface area contributed by atoms with Crippen LogP contribution in [0.25, 0.3) is 0 Å². The normalized spacial score (nSPS) is 9.88. The first kappa shape index (κ1) is 16.5. The molecule has 3 nitrogen and oxygen atoms in total. The minimum atomic E-state index is -1.46. The molecular formula is C11H14Cl3NO2. The number of aliphatic carboxylic acids is 1. The lowest BCUT2D eigenvalue weighted by atomic mass is 10.0. The predicted octanol–water partition coefficient (Wildman–Crippen LogP) is 1.68. The van der Waals surface area contributed by atoms with Gasteiger partial charge in [0.1, 0.15) is 10.5 Å². The number of rotatable bonds is 1.